The molecule has 0 unspecified atom stereocenters. The van der Waals surface area contributed by atoms with E-state index in [-0.39, 0.29) is 22.3 Å². The van der Waals surface area contributed by atoms with Crippen molar-refractivity contribution in [1.29, 1.82) is 0 Å². The van der Waals surface area contributed by atoms with Gasteiger partial charge in [-0.05, 0) is 72.8 Å². The third kappa shape index (κ3) is 3.31. The quantitative estimate of drug-likeness (QED) is 0.493. The minimum Gasteiger partial charge on any atom is -0.201 e. The molecule has 0 radical (unpaired) electrons. The van der Waals surface area contributed by atoms with Gasteiger partial charge in [-0.3, -0.25) is 0 Å². The molecule has 1 nitrogen and oxygen atoms in total. The topological polar surface area (TPSA) is 3.88 Å². The maximum atomic E-state index is 8.57. The summed E-state index contributed by atoms with van der Waals surface area (Å²) >= 11 is 0. The molecule has 0 bridgehead atoms. The van der Waals surface area contributed by atoms with Gasteiger partial charge < -0.3 is 0 Å². The van der Waals surface area contributed by atoms with E-state index in [0.29, 0.717) is 27.9 Å². The van der Waals surface area contributed by atoms with Crippen molar-refractivity contribution in [2.24, 2.45) is 7.05 Å². The Labute approximate surface area is 172 Å². The zero-order chi connectivity index (χ0) is 27.4. The molecule has 1 heteroatoms. The first-order valence-corrected chi connectivity index (χ1v) is 8.53. The molecule has 3 aromatic rings. The van der Waals surface area contributed by atoms with Gasteiger partial charge >= 0.3 is 0 Å². The molecule has 0 aliphatic rings. The molecular weight excluding hydrogens is 314 g/mol. The summed E-state index contributed by atoms with van der Waals surface area (Å²) in [5.41, 5.74) is 2.87. The summed E-state index contributed by atoms with van der Waals surface area (Å²) in [5, 5.41) is 0. The van der Waals surface area contributed by atoms with Crippen LogP contribution < -0.4 is 4.57 Å². The smallest absolute Gasteiger partial charge is 0.201 e. The van der Waals surface area contributed by atoms with Crippen molar-refractivity contribution < 1.29 is 18.3 Å². The molecule has 0 saturated carbocycles. The van der Waals surface area contributed by atoms with Gasteiger partial charge in [0, 0.05) is 30.9 Å². The van der Waals surface area contributed by atoms with Crippen molar-refractivity contribution >= 4 is 0 Å². The first-order valence-electron chi connectivity index (χ1n) is 13.5. The van der Waals surface area contributed by atoms with Gasteiger partial charge in [-0.2, -0.15) is 0 Å². The molecule has 134 valence electrons. The molecule has 0 aliphatic heterocycles. The number of aryl methyl sites for hydroxylation is 5. The first kappa shape index (κ1) is 9.50. The second-order valence-electron chi connectivity index (χ2n) is 6.86. The van der Waals surface area contributed by atoms with E-state index in [1.807, 2.05) is 0 Å². The number of nitrogens with zero attached hydrogens (tertiary/aromatic N) is 1. The van der Waals surface area contributed by atoms with Gasteiger partial charge in [-0.15, -0.1) is 0 Å². The van der Waals surface area contributed by atoms with Crippen LogP contribution in [0.2, 0.25) is 0 Å². The molecule has 0 aliphatic carbocycles. The summed E-state index contributed by atoms with van der Waals surface area (Å²) in [6.45, 7) is -2.39. The van der Waals surface area contributed by atoms with E-state index in [2.05, 4.69) is 0 Å². The number of aromatic nitrogens is 1. The van der Waals surface area contributed by atoms with E-state index in [1.165, 1.54) is 18.3 Å². The van der Waals surface area contributed by atoms with Gasteiger partial charge in [0.05, 0.1) is 0 Å². The molecule has 2 aromatic carbocycles. The van der Waals surface area contributed by atoms with Crippen molar-refractivity contribution in [3.05, 3.63) is 76.5 Å². The van der Waals surface area contributed by atoms with E-state index in [4.69, 9.17) is 13.7 Å². The lowest BCUT2D eigenvalue weighted by atomic mass is 9.90. The average Bonchev–Trinajstić information content (AvgIpc) is 2.71. The Morgan fingerprint density at radius 1 is 0.846 bits per heavy atom. The van der Waals surface area contributed by atoms with Crippen molar-refractivity contribution in [2.75, 3.05) is 0 Å². The fourth-order valence-electron chi connectivity index (χ4n) is 3.26. The van der Waals surface area contributed by atoms with E-state index < -0.39 is 26.4 Å². The maximum Gasteiger partial charge on any atom is 0.212 e. The third-order valence-electron chi connectivity index (χ3n) is 4.67. The van der Waals surface area contributed by atoms with Crippen LogP contribution in [0.25, 0.3) is 22.4 Å². The van der Waals surface area contributed by atoms with Crippen molar-refractivity contribution in [1.82, 2.24) is 0 Å². The SMILES string of the molecule is [2H]C([2H])([2H])c1ccccc1-c1cc(-c2cc(C([2H])(C)C)c(C([2H])([2H])[2H])c[n+]2C)c(C)cc1C([2H])([2H])[2H]. The van der Waals surface area contributed by atoms with Crippen LogP contribution in [0.4, 0.5) is 0 Å². The molecule has 0 amide bonds. The number of pyridine rings is 1. The van der Waals surface area contributed by atoms with E-state index in [0.717, 1.165) is 0 Å². The van der Waals surface area contributed by atoms with Gasteiger partial charge in [0.15, 0.2) is 6.20 Å². The predicted octanol–water partition coefficient (Wildman–Crippen LogP) is 6.20. The summed E-state index contributed by atoms with van der Waals surface area (Å²) in [5.74, 6) is -1.21. The Bertz CT molecular complexity index is 1290. The largest absolute Gasteiger partial charge is 0.212 e. The Morgan fingerprint density at radius 2 is 1.58 bits per heavy atom. The van der Waals surface area contributed by atoms with Crippen LogP contribution in [-0.2, 0) is 7.05 Å². The first-order chi connectivity index (χ1) is 16.2. The fourth-order valence-corrected chi connectivity index (χ4v) is 3.26. The number of hydrogen-bond acceptors (Lipinski definition) is 0. The zero-order valence-corrected chi connectivity index (χ0v) is 15.6. The molecule has 3 rings (SSSR count). The highest BCUT2D eigenvalue weighted by atomic mass is 14.9. The lowest BCUT2D eigenvalue weighted by Gasteiger charge is -2.15. The Kier molecular flexibility index (Phi) is 2.58. The lowest BCUT2D eigenvalue weighted by Crippen LogP contribution is -2.32. The Balaban J connectivity index is 2.43. The molecule has 0 fully saturated rings. The molecule has 1 aromatic heterocycles. The monoisotopic (exact) mass is 354 g/mol. The number of hydrogen-bond donors (Lipinski definition) is 0. The normalized spacial score (nSPS) is 18.8. The highest BCUT2D eigenvalue weighted by Crippen LogP contribution is 2.33. The number of rotatable bonds is 3. The highest BCUT2D eigenvalue weighted by Gasteiger charge is 2.19. The zero-order valence-electron chi connectivity index (χ0n) is 25.6. The molecule has 0 saturated heterocycles. The van der Waals surface area contributed by atoms with E-state index in [9.17, 15) is 0 Å². The third-order valence-corrected chi connectivity index (χ3v) is 4.67. The molecular formula is C25H30N+. The molecule has 26 heavy (non-hydrogen) atoms. The van der Waals surface area contributed by atoms with E-state index >= 15 is 0 Å². The maximum absolute atomic E-state index is 8.57. The second kappa shape index (κ2) is 7.07. The minimum absolute atomic E-state index is 0.0308. The Hall–Kier alpha value is -2.41. The van der Waals surface area contributed by atoms with Gasteiger partial charge in [-0.1, -0.05) is 44.2 Å². The van der Waals surface area contributed by atoms with Crippen molar-refractivity contribution in [3.63, 3.8) is 0 Å². The minimum atomic E-state index is -2.50. The molecule has 0 N–H and O–H groups in total. The fraction of sp³-hybridized carbons (Fsp3) is 0.320. The van der Waals surface area contributed by atoms with Crippen LogP contribution in [-0.4, -0.2) is 0 Å². The van der Waals surface area contributed by atoms with Crippen LogP contribution >= 0.6 is 0 Å². The van der Waals surface area contributed by atoms with Crippen LogP contribution in [0.1, 0.15) is 61.3 Å². The summed E-state index contributed by atoms with van der Waals surface area (Å²) in [7, 11) is 1.69. The van der Waals surface area contributed by atoms with Gasteiger partial charge in [0.25, 0.3) is 0 Å². The van der Waals surface area contributed by atoms with Crippen LogP contribution in [0.5, 0.6) is 0 Å². The predicted molar refractivity (Wildman–Crippen MR) is 112 cm³/mol. The van der Waals surface area contributed by atoms with Gasteiger partial charge in [-0.25, -0.2) is 4.57 Å². The Morgan fingerprint density at radius 3 is 2.27 bits per heavy atom. The van der Waals surface area contributed by atoms with Crippen LogP contribution in [0.15, 0.2) is 48.7 Å². The second-order valence-corrected chi connectivity index (χ2v) is 6.86. The average molecular weight is 355 g/mol. The van der Waals surface area contributed by atoms with Crippen LogP contribution in [0, 0.1) is 27.5 Å². The van der Waals surface area contributed by atoms with Gasteiger partial charge in [0.1, 0.15) is 7.05 Å². The van der Waals surface area contributed by atoms with Crippen molar-refractivity contribution in [2.45, 2.75) is 47.2 Å². The molecule has 0 spiro atoms. The summed E-state index contributed by atoms with van der Waals surface area (Å²) < 4.78 is 82.4. The number of benzene rings is 2. The van der Waals surface area contributed by atoms with Crippen molar-refractivity contribution in [3.8, 4) is 22.4 Å². The summed E-state index contributed by atoms with van der Waals surface area (Å²) in [6.07, 6.45) is 1.49. The summed E-state index contributed by atoms with van der Waals surface area (Å²) in [4.78, 5) is 0. The van der Waals surface area contributed by atoms with Crippen LogP contribution in [0.3, 0.4) is 0 Å². The molecule has 1 heterocycles. The molecule has 0 atom stereocenters. The van der Waals surface area contributed by atoms with E-state index in [1.54, 1.807) is 62.7 Å². The standard InChI is InChI=1S/C25H30N/c1-16(2)22-14-25(26(7)15-20(22)6)24-13-23(18(4)12-19(24)5)21-11-9-8-10-17(21)3/h8-16H,1-7H3/q+1/i3D3,4D3,6D3,16D. The summed E-state index contributed by atoms with van der Waals surface area (Å²) in [6, 6.07) is 11.2. The lowest BCUT2D eigenvalue weighted by molar-refractivity contribution is -0.660. The van der Waals surface area contributed by atoms with Gasteiger partial charge in [0.2, 0.25) is 5.69 Å². The highest BCUT2D eigenvalue weighted by molar-refractivity contribution is 5.77.